The van der Waals surface area contributed by atoms with Crippen LogP contribution < -0.4 is 5.73 Å². The molecule has 0 aliphatic rings. The van der Waals surface area contributed by atoms with Gasteiger partial charge < -0.3 is 15.5 Å². The highest BCUT2D eigenvalue weighted by Crippen LogP contribution is 2.23. The van der Waals surface area contributed by atoms with Crippen LogP contribution in [0.3, 0.4) is 0 Å². The van der Waals surface area contributed by atoms with Gasteiger partial charge in [-0.15, -0.1) is 0 Å². The molecular formula is C12H14N2O2. The predicted molar refractivity (Wildman–Crippen MR) is 61.9 cm³/mol. The summed E-state index contributed by atoms with van der Waals surface area (Å²) in [6.07, 6.45) is 1.76. The molecule has 1 heterocycles. The van der Waals surface area contributed by atoms with Crippen LogP contribution in [0.15, 0.2) is 30.5 Å². The molecule has 3 N–H and O–H groups in total. The average Bonchev–Trinajstić information content (AvgIpc) is 2.72. The van der Waals surface area contributed by atoms with Crippen molar-refractivity contribution in [3.63, 3.8) is 0 Å². The molecule has 1 unspecified atom stereocenters. The molecule has 0 saturated carbocycles. The van der Waals surface area contributed by atoms with E-state index in [1.165, 1.54) is 0 Å². The van der Waals surface area contributed by atoms with Crippen LogP contribution >= 0.6 is 0 Å². The summed E-state index contributed by atoms with van der Waals surface area (Å²) in [5, 5.41) is 0.961. The number of carbonyl (C=O) groups excluding carboxylic acids is 1. The highest BCUT2D eigenvalue weighted by Gasteiger charge is 2.19. The van der Waals surface area contributed by atoms with Crippen LogP contribution in [0, 0.1) is 0 Å². The van der Waals surface area contributed by atoms with Crippen LogP contribution in [-0.2, 0) is 9.53 Å². The number of aromatic nitrogens is 1. The smallest absolute Gasteiger partial charge is 0.327 e. The summed E-state index contributed by atoms with van der Waals surface area (Å²) in [5.41, 5.74) is 7.58. The van der Waals surface area contributed by atoms with Gasteiger partial charge in [0.15, 0.2) is 0 Å². The lowest BCUT2D eigenvalue weighted by atomic mass is 10.1. The molecule has 0 amide bonds. The molecule has 16 heavy (non-hydrogen) atoms. The van der Waals surface area contributed by atoms with Gasteiger partial charge in [0.1, 0.15) is 6.04 Å². The molecule has 2 rings (SSSR count). The molecular weight excluding hydrogens is 204 g/mol. The van der Waals surface area contributed by atoms with E-state index in [0.29, 0.717) is 6.61 Å². The van der Waals surface area contributed by atoms with E-state index in [2.05, 4.69) is 4.98 Å². The molecule has 0 spiro atoms. The Balaban J connectivity index is 2.36. The Hall–Kier alpha value is -1.81. The van der Waals surface area contributed by atoms with E-state index in [9.17, 15) is 4.79 Å². The number of rotatable bonds is 3. The third-order valence-corrected chi connectivity index (χ3v) is 2.50. The molecule has 0 aliphatic heterocycles. The van der Waals surface area contributed by atoms with Crippen molar-refractivity contribution in [1.82, 2.24) is 4.98 Å². The normalized spacial score (nSPS) is 12.6. The van der Waals surface area contributed by atoms with Crippen LogP contribution in [0.4, 0.5) is 0 Å². The highest BCUT2D eigenvalue weighted by atomic mass is 16.5. The summed E-state index contributed by atoms with van der Waals surface area (Å²) in [5.74, 6) is -0.396. The van der Waals surface area contributed by atoms with Crippen LogP contribution in [-0.4, -0.2) is 17.6 Å². The first-order chi connectivity index (χ1) is 7.74. The molecule has 4 nitrogen and oxygen atoms in total. The monoisotopic (exact) mass is 218 g/mol. The number of carbonyl (C=O) groups is 1. The predicted octanol–water partition coefficient (Wildman–Crippen LogP) is 1.73. The summed E-state index contributed by atoms with van der Waals surface area (Å²) in [6, 6.07) is 6.99. The zero-order chi connectivity index (χ0) is 11.5. The van der Waals surface area contributed by atoms with Gasteiger partial charge in [-0.1, -0.05) is 18.2 Å². The Kier molecular flexibility index (Phi) is 2.92. The van der Waals surface area contributed by atoms with Gasteiger partial charge in [-0.25, -0.2) is 4.79 Å². The fourth-order valence-electron chi connectivity index (χ4n) is 1.71. The molecule has 1 aromatic heterocycles. The largest absolute Gasteiger partial charge is 0.465 e. The van der Waals surface area contributed by atoms with E-state index in [1.54, 1.807) is 13.1 Å². The zero-order valence-corrected chi connectivity index (χ0v) is 9.07. The Labute approximate surface area is 93.4 Å². The van der Waals surface area contributed by atoms with Gasteiger partial charge in [-0.3, -0.25) is 0 Å². The molecule has 84 valence electrons. The number of aromatic amines is 1. The average molecular weight is 218 g/mol. The third kappa shape index (κ3) is 1.79. The van der Waals surface area contributed by atoms with Gasteiger partial charge in [0.25, 0.3) is 0 Å². The number of nitrogens with two attached hydrogens (primary N) is 1. The third-order valence-electron chi connectivity index (χ3n) is 2.50. The maximum atomic E-state index is 11.5. The quantitative estimate of drug-likeness (QED) is 0.771. The number of ether oxygens (including phenoxy) is 1. The number of para-hydroxylation sites is 1. The topological polar surface area (TPSA) is 68.1 Å². The van der Waals surface area contributed by atoms with Crippen molar-refractivity contribution in [2.45, 2.75) is 13.0 Å². The second-order valence-electron chi connectivity index (χ2n) is 3.52. The summed E-state index contributed by atoms with van der Waals surface area (Å²) in [7, 11) is 0. The maximum absolute atomic E-state index is 11.5. The van der Waals surface area contributed by atoms with Gasteiger partial charge in [0.2, 0.25) is 0 Å². The van der Waals surface area contributed by atoms with Gasteiger partial charge in [-0.2, -0.15) is 0 Å². The van der Waals surface area contributed by atoms with Crippen LogP contribution in [0.2, 0.25) is 0 Å². The number of hydrogen-bond donors (Lipinski definition) is 2. The van der Waals surface area contributed by atoms with Crippen LogP contribution in [0.25, 0.3) is 10.9 Å². The Morgan fingerprint density at radius 2 is 2.25 bits per heavy atom. The first-order valence-electron chi connectivity index (χ1n) is 5.22. The fraction of sp³-hybridized carbons (Fsp3) is 0.250. The summed E-state index contributed by atoms with van der Waals surface area (Å²) in [4.78, 5) is 14.6. The summed E-state index contributed by atoms with van der Waals surface area (Å²) in [6.45, 7) is 2.11. The lowest BCUT2D eigenvalue weighted by molar-refractivity contribution is -0.144. The van der Waals surface area contributed by atoms with E-state index in [-0.39, 0.29) is 0 Å². The number of H-pyrrole nitrogens is 1. The molecule has 0 fully saturated rings. The second-order valence-corrected chi connectivity index (χ2v) is 3.52. The summed E-state index contributed by atoms with van der Waals surface area (Å²) >= 11 is 0. The van der Waals surface area contributed by atoms with Crippen molar-refractivity contribution >= 4 is 16.9 Å². The Morgan fingerprint density at radius 1 is 1.50 bits per heavy atom. The lowest BCUT2D eigenvalue weighted by Crippen LogP contribution is -2.23. The summed E-state index contributed by atoms with van der Waals surface area (Å²) < 4.78 is 4.90. The van der Waals surface area contributed by atoms with E-state index < -0.39 is 12.0 Å². The number of esters is 1. The Morgan fingerprint density at radius 3 is 3.00 bits per heavy atom. The van der Waals surface area contributed by atoms with E-state index in [0.717, 1.165) is 16.5 Å². The standard InChI is InChI=1S/C12H14N2O2/c1-2-16-12(15)11(13)9-7-14-10-6-4-3-5-8(9)10/h3-7,11,14H,2,13H2,1H3. The minimum absolute atomic E-state index is 0.342. The van der Waals surface area contributed by atoms with Crippen LogP contribution in [0.5, 0.6) is 0 Å². The maximum Gasteiger partial charge on any atom is 0.327 e. The first kappa shape index (κ1) is 10.7. The minimum Gasteiger partial charge on any atom is -0.465 e. The lowest BCUT2D eigenvalue weighted by Gasteiger charge is -2.09. The van der Waals surface area contributed by atoms with Gasteiger partial charge in [0.05, 0.1) is 6.61 Å². The van der Waals surface area contributed by atoms with Crippen molar-refractivity contribution in [3.8, 4) is 0 Å². The van der Waals surface area contributed by atoms with Crippen molar-refractivity contribution in [1.29, 1.82) is 0 Å². The van der Waals surface area contributed by atoms with Crippen molar-refractivity contribution in [2.75, 3.05) is 6.61 Å². The number of nitrogens with one attached hydrogen (secondary N) is 1. The van der Waals surface area contributed by atoms with E-state index >= 15 is 0 Å². The molecule has 1 aromatic carbocycles. The fourth-order valence-corrected chi connectivity index (χ4v) is 1.71. The number of fused-ring (bicyclic) bond motifs is 1. The van der Waals surface area contributed by atoms with Gasteiger partial charge >= 0.3 is 5.97 Å². The Bertz CT molecular complexity index is 504. The number of benzene rings is 1. The van der Waals surface area contributed by atoms with E-state index in [1.807, 2.05) is 24.3 Å². The molecule has 4 heteroatoms. The van der Waals surface area contributed by atoms with Crippen molar-refractivity contribution in [3.05, 3.63) is 36.0 Å². The van der Waals surface area contributed by atoms with Gasteiger partial charge in [0, 0.05) is 22.7 Å². The molecule has 0 aliphatic carbocycles. The number of hydrogen-bond acceptors (Lipinski definition) is 3. The van der Waals surface area contributed by atoms with E-state index in [4.69, 9.17) is 10.5 Å². The SMILES string of the molecule is CCOC(=O)C(N)c1c[nH]c2ccccc12. The zero-order valence-electron chi connectivity index (χ0n) is 9.07. The molecule has 1 atom stereocenters. The first-order valence-corrected chi connectivity index (χ1v) is 5.22. The molecule has 2 aromatic rings. The molecule has 0 radical (unpaired) electrons. The van der Waals surface area contributed by atoms with Crippen molar-refractivity contribution < 1.29 is 9.53 Å². The molecule has 0 saturated heterocycles. The van der Waals surface area contributed by atoms with Crippen LogP contribution in [0.1, 0.15) is 18.5 Å². The molecule has 0 bridgehead atoms. The highest BCUT2D eigenvalue weighted by molar-refractivity contribution is 5.89. The van der Waals surface area contributed by atoms with Gasteiger partial charge in [-0.05, 0) is 13.0 Å². The van der Waals surface area contributed by atoms with Crippen molar-refractivity contribution in [2.24, 2.45) is 5.73 Å². The minimum atomic E-state index is -0.726. The second kappa shape index (κ2) is 4.37.